The Balaban J connectivity index is 0.00000331. The largest absolute Gasteiger partial charge is 0.495 e. The minimum Gasteiger partial charge on any atom is -0.495 e. The van der Waals surface area contributed by atoms with Crippen LogP contribution >= 0.6 is 34.9 Å². The van der Waals surface area contributed by atoms with Crippen LogP contribution in [0.1, 0.15) is 52.5 Å². The van der Waals surface area contributed by atoms with Gasteiger partial charge in [-0.05, 0) is 37.6 Å². The van der Waals surface area contributed by atoms with Crippen molar-refractivity contribution in [1.29, 1.82) is 5.41 Å². The highest BCUT2D eigenvalue weighted by Crippen LogP contribution is 2.33. The molecule has 1 aliphatic heterocycles. The summed E-state index contributed by atoms with van der Waals surface area (Å²) in [6.45, 7) is 15.4. The predicted octanol–water partition coefficient (Wildman–Crippen LogP) is 8.72. The van der Waals surface area contributed by atoms with Gasteiger partial charge in [-0.2, -0.15) is 5.17 Å². The molecule has 0 saturated heterocycles. The highest BCUT2D eigenvalue weighted by molar-refractivity contribution is 8.59. The molecule has 1 aromatic rings. The Kier molecular flexibility index (Phi) is 19.6. The van der Waals surface area contributed by atoms with Gasteiger partial charge in [0.1, 0.15) is 29.4 Å². The number of thiol groups is 2. The van der Waals surface area contributed by atoms with E-state index in [-0.39, 0.29) is 39.1 Å². The fraction of sp³-hybridized carbons (Fsp3) is 0.267. The first-order valence-electron chi connectivity index (χ1n) is 13.1. The second-order valence-electron chi connectivity index (χ2n) is 8.51. The molecule has 1 heterocycles. The summed E-state index contributed by atoms with van der Waals surface area (Å²) in [6, 6.07) is 2.21. The molecule has 0 unspecified atom stereocenters. The topological polar surface area (TPSA) is 110 Å². The van der Waals surface area contributed by atoms with E-state index in [0.29, 0.717) is 22.9 Å². The maximum Gasteiger partial charge on any atom is 0.158 e. The maximum atomic E-state index is 15.6. The number of rotatable bonds is 12. The van der Waals surface area contributed by atoms with Crippen molar-refractivity contribution in [1.82, 2.24) is 10.1 Å². The summed E-state index contributed by atoms with van der Waals surface area (Å²) in [4.78, 5) is 5.44. The molecule has 1 aliphatic rings. The van der Waals surface area contributed by atoms with Gasteiger partial charge in [-0.3, -0.25) is 16.0 Å². The van der Waals surface area contributed by atoms with E-state index in [0.717, 1.165) is 24.9 Å². The fourth-order valence-electron chi connectivity index (χ4n) is 3.51. The number of benzene rings is 1. The van der Waals surface area contributed by atoms with Gasteiger partial charge in [-0.25, -0.2) is 13.8 Å². The molecule has 0 radical (unpaired) electrons. The number of methoxy groups -OCH3 is 1. The Morgan fingerprint density at radius 1 is 1.28 bits per heavy atom. The summed E-state index contributed by atoms with van der Waals surface area (Å²) >= 11 is 12.5. The van der Waals surface area contributed by atoms with Crippen LogP contribution in [0.3, 0.4) is 0 Å². The van der Waals surface area contributed by atoms with Crippen molar-refractivity contribution in [2.45, 2.75) is 47.0 Å². The quantitative estimate of drug-likeness (QED) is 0.0256. The van der Waals surface area contributed by atoms with Crippen LogP contribution in [-0.2, 0) is 4.74 Å². The first kappa shape index (κ1) is 39.6. The summed E-state index contributed by atoms with van der Waals surface area (Å²) in [6.07, 6.45) is 12.5. The van der Waals surface area contributed by atoms with Crippen LogP contribution in [0.25, 0.3) is 5.57 Å². The summed E-state index contributed by atoms with van der Waals surface area (Å²) in [5.74, 6) is -1.58. The van der Waals surface area contributed by atoms with Gasteiger partial charge < -0.3 is 15.4 Å². The molecule has 5 N–H and O–H groups in total. The Morgan fingerprint density at radius 3 is 2.42 bits per heavy atom. The second-order valence-corrected chi connectivity index (χ2v) is 8.95. The number of hydroxylamine groups is 1. The number of amidine groups is 1. The summed E-state index contributed by atoms with van der Waals surface area (Å²) in [5.41, 5.74) is 9.41. The van der Waals surface area contributed by atoms with Crippen LogP contribution in [0.2, 0.25) is 0 Å². The van der Waals surface area contributed by atoms with Crippen LogP contribution in [0.5, 0.6) is 0 Å². The van der Waals surface area contributed by atoms with Crippen LogP contribution < -0.4 is 11.2 Å². The van der Waals surface area contributed by atoms with E-state index in [1.807, 2.05) is 6.92 Å². The number of nitrogens with two attached hydrogens (primary N) is 1. The van der Waals surface area contributed by atoms with Gasteiger partial charge in [0, 0.05) is 28.6 Å². The number of hydrogen-bond acceptors (Lipinski definition) is 8. The molecular formula is C30H41ClF2N6O2S2. The lowest BCUT2D eigenvalue weighted by molar-refractivity contribution is -0.0329. The summed E-state index contributed by atoms with van der Waals surface area (Å²) < 4.78 is 35.7. The van der Waals surface area contributed by atoms with E-state index in [9.17, 15) is 9.60 Å². The highest BCUT2D eigenvalue weighted by Gasteiger charge is 2.23. The van der Waals surface area contributed by atoms with Crippen molar-refractivity contribution in [3.05, 3.63) is 107 Å². The SMILES string of the molecule is C=CN1C=C(c2c(F)ccc(NN(O)/C(=C/C(Cl)=C\C)C(=C)OC)c2F)C=C/C1=C(/CCC)C(N)=NC=N.CCC.SS. The molecule has 0 spiro atoms. The summed E-state index contributed by atoms with van der Waals surface area (Å²) in [5, 5.41) is 18.6. The lowest BCUT2D eigenvalue weighted by atomic mass is 9.98. The van der Waals surface area contributed by atoms with Crippen LogP contribution in [0, 0.1) is 17.0 Å². The Labute approximate surface area is 269 Å². The third-order valence-electron chi connectivity index (χ3n) is 5.41. The Morgan fingerprint density at radius 2 is 1.91 bits per heavy atom. The predicted molar refractivity (Wildman–Crippen MR) is 183 cm³/mol. The van der Waals surface area contributed by atoms with Gasteiger partial charge in [-0.1, -0.05) is 70.5 Å². The Bertz CT molecular complexity index is 1310. The second kappa shape index (κ2) is 21.3. The van der Waals surface area contributed by atoms with E-state index in [1.54, 1.807) is 24.0 Å². The number of nitrogens with one attached hydrogen (secondary N) is 2. The lowest BCUT2D eigenvalue weighted by Gasteiger charge is -2.26. The lowest BCUT2D eigenvalue weighted by Crippen LogP contribution is -2.27. The first-order valence-corrected chi connectivity index (χ1v) is 15.1. The Hall–Kier alpha value is -3.45. The minimum absolute atomic E-state index is 0.00195. The molecular weight excluding hydrogens is 614 g/mol. The third-order valence-corrected chi connectivity index (χ3v) is 5.74. The van der Waals surface area contributed by atoms with Gasteiger partial charge in [0.25, 0.3) is 0 Å². The van der Waals surface area contributed by atoms with Gasteiger partial charge in [0.15, 0.2) is 5.82 Å². The standard InChI is InChI=1S/C27H31ClF2N6O2.C3H8.H2S2/c1-6-9-20(27(32)33-16-31)23-13-10-18(15-35(23)8-3)25-21(29)11-12-22(26(25)30)34-36(37)24(17(4)38-5)14-19(28)7-2;1-3-2;1-2/h7-8,10-16,34,37H,3-4,6,9H2,1-2,5H3,(H3,31,32,33);3H2,1-2H3;1-2H/b19-7+,23-20+,24-14+;;. The number of allylic oxidation sites excluding steroid dienone is 6. The van der Waals surface area contributed by atoms with Crippen molar-refractivity contribution in [3.8, 4) is 0 Å². The van der Waals surface area contributed by atoms with E-state index in [4.69, 9.17) is 27.5 Å². The van der Waals surface area contributed by atoms with Crippen LogP contribution in [-0.4, -0.2) is 34.6 Å². The van der Waals surface area contributed by atoms with E-state index in [2.05, 4.69) is 60.7 Å². The molecule has 236 valence electrons. The number of hydrazine groups is 1. The van der Waals surface area contributed by atoms with Crippen LogP contribution in [0.15, 0.2) is 94.7 Å². The van der Waals surface area contributed by atoms with Crippen molar-refractivity contribution in [2.24, 2.45) is 10.7 Å². The van der Waals surface area contributed by atoms with Crippen LogP contribution in [0.4, 0.5) is 14.5 Å². The average molecular weight is 655 g/mol. The molecule has 0 bridgehead atoms. The zero-order chi connectivity index (χ0) is 33.1. The van der Waals surface area contributed by atoms with E-state index >= 15 is 4.39 Å². The molecule has 1 aromatic carbocycles. The fourth-order valence-corrected chi connectivity index (χ4v) is 3.62. The smallest absolute Gasteiger partial charge is 0.158 e. The number of ether oxygens (including phenoxy) is 1. The molecule has 0 amide bonds. The number of halogens is 3. The number of aliphatic imine (C=N–C) groups is 1. The van der Waals surface area contributed by atoms with Crippen molar-refractivity contribution >= 4 is 58.4 Å². The normalized spacial score (nSPS) is 14.3. The molecule has 0 aliphatic carbocycles. The monoisotopic (exact) mass is 654 g/mol. The van der Waals surface area contributed by atoms with Crippen molar-refractivity contribution in [3.63, 3.8) is 0 Å². The van der Waals surface area contributed by atoms with Gasteiger partial charge in [0.2, 0.25) is 0 Å². The van der Waals surface area contributed by atoms with Crippen molar-refractivity contribution < 1.29 is 18.7 Å². The van der Waals surface area contributed by atoms with Gasteiger partial charge in [-0.15, -0.1) is 23.3 Å². The number of hydrogen-bond donors (Lipinski definition) is 6. The first-order chi connectivity index (χ1) is 20.5. The van der Waals surface area contributed by atoms with E-state index < -0.39 is 11.6 Å². The highest BCUT2D eigenvalue weighted by atomic mass is 35.5. The molecule has 13 heteroatoms. The maximum absolute atomic E-state index is 15.6. The molecule has 8 nitrogen and oxygen atoms in total. The average Bonchev–Trinajstić information content (AvgIpc) is 3.01. The summed E-state index contributed by atoms with van der Waals surface area (Å²) in [7, 11) is 1.34. The number of nitrogens with zero attached hydrogens (tertiary/aromatic N) is 3. The number of anilines is 1. The third kappa shape index (κ3) is 11.6. The molecule has 0 saturated carbocycles. The van der Waals surface area contributed by atoms with Gasteiger partial charge in [0.05, 0.1) is 24.1 Å². The van der Waals surface area contributed by atoms with Crippen molar-refractivity contribution in [2.75, 3.05) is 12.5 Å². The molecule has 0 fully saturated rings. The zero-order valence-corrected chi connectivity index (χ0v) is 27.6. The molecule has 0 atom stereocenters. The zero-order valence-electron chi connectivity index (χ0n) is 25.0. The molecule has 2 rings (SSSR count). The van der Waals surface area contributed by atoms with E-state index in [1.165, 1.54) is 38.1 Å². The van der Waals surface area contributed by atoms with Gasteiger partial charge >= 0.3 is 0 Å². The molecule has 43 heavy (non-hydrogen) atoms. The minimum atomic E-state index is -0.963. The molecule has 0 aromatic heterocycles.